The van der Waals surface area contributed by atoms with Crippen molar-refractivity contribution in [3.63, 3.8) is 0 Å². The number of piperidine rings is 1. The van der Waals surface area contributed by atoms with Crippen LogP contribution in [0.4, 0.5) is 8.78 Å². The fraction of sp³-hybridized carbons (Fsp3) is 0.643. The molecule has 100 valence electrons. The first kappa shape index (κ1) is 13.4. The largest absolute Gasteiger partial charge is 0.306 e. The van der Waals surface area contributed by atoms with Gasteiger partial charge >= 0.3 is 0 Å². The number of nitrogens with zero attached hydrogens (tertiary/aromatic N) is 2. The maximum atomic E-state index is 13.9. The van der Waals surface area contributed by atoms with Crippen LogP contribution in [0, 0.1) is 5.92 Å². The van der Waals surface area contributed by atoms with Gasteiger partial charge in [0.1, 0.15) is 5.69 Å². The van der Waals surface area contributed by atoms with Crippen molar-refractivity contribution in [2.45, 2.75) is 31.6 Å². The lowest BCUT2D eigenvalue weighted by Crippen LogP contribution is -2.30. The fourth-order valence-corrected chi connectivity index (χ4v) is 2.44. The maximum Gasteiger partial charge on any atom is 0.289 e. The summed E-state index contributed by atoms with van der Waals surface area (Å²) in [5.41, 5.74) is -0.0991. The standard InChI is InChI=1S/C14H20F2N2/c1-18-10-6-12(7-11-18)5-8-14(15,16)13-4-2-3-9-17-13/h2-4,9,12H,5-8,10-11H2,1H3. The number of pyridine rings is 1. The third-order valence-electron chi connectivity index (χ3n) is 3.74. The quantitative estimate of drug-likeness (QED) is 0.819. The molecule has 0 atom stereocenters. The van der Waals surface area contributed by atoms with Crippen molar-refractivity contribution >= 4 is 0 Å². The summed E-state index contributed by atoms with van der Waals surface area (Å²) in [5, 5.41) is 0. The van der Waals surface area contributed by atoms with E-state index in [-0.39, 0.29) is 12.1 Å². The first-order valence-corrected chi connectivity index (χ1v) is 6.56. The Morgan fingerprint density at radius 2 is 2.06 bits per heavy atom. The van der Waals surface area contributed by atoms with Crippen LogP contribution in [0.1, 0.15) is 31.4 Å². The topological polar surface area (TPSA) is 16.1 Å². The van der Waals surface area contributed by atoms with Crippen LogP contribution in [0.25, 0.3) is 0 Å². The molecule has 1 aliphatic rings. The van der Waals surface area contributed by atoms with E-state index >= 15 is 0 Å². The van der Waals surface area contributed by atoms with Gasteiger partial charge in [-0.25, -0.2) is 0 Å². The van der Waals surface area contributed by atoms with Crippen LogP contribution >= 0.6 is 0 Å². The molecular formula is C14H20F2N2. The Morgan fingerprint density at radius 3 is 2.67 bits per heavy atom. The Bertz CT molecular complexity index is 359. The normalized spacial score (nSPS) is 19.1. The van der Waals surface area contributed by atoms with Gasteiger partial charge in [-0.3, -0.25) is 4.98 Å². The zero-order valence-corrected chi connectivity index (χ0v) is 10.8. The van der Waals surface area contributed by atoms with Gasteiger partial charge in [-0.2, -0.15) is 8.78 Å². The van der Waals surface area contributed by atoms with E-state index in [0.29, 0.717) is 12.3 Å². The molecule has 0 aromatic carbocycles. The molecule has 4 heteroatoms. The van der Waals surface area contributed by atoms with E-state index in [9.17, 15) is 8.78 Å². The second-order valence-electron chi connectivity index (χ2n) is 5.20. The molecule has 1 aromatic rings. The van der Waals surface area contributed by atoms with Gasteiger partial charge in [0.05, 0.1) is 0 Å². The molecule has 1 saturated heterocycles. The molecule has 0 radical (unpaired) electrons. The second-order valence-corrected chi connectivity index (χ2v) is 5.20. The lowest BCUT2D eigenvalue weighted by molar-refractivity contribution is -0.0255. The predicted molar refractivity (Wildman–Crippen MR) is 67.6 cm³/mol. The van der Waals surface area contributed by atoms with Crippen LogP contribution < -0.4 is 0 Å². The summed E-state index contributed by atoms with van der Waals surface area (Å²) in [6, 6.07) is 4.69. The molecule has 0 aliphatic carbocycles. The van der Waals surface area contributed by atoms with Crippen molar-refractivity contribution in [3.05, 3.63) is 30.1 Å². The van der Waals surface area contributed by atoms with Crippen LogP contribution in [0.3, 0.4) is 0 Å². The molecular weight excluding hydrogens is 234 g/mol. The summed E-state index contributed by atoms with van der Waals surface area (Å²) in [7, 11) is 2.08. The Kier molecular flexibility index (Phi) is 4.27. The van der Waals surface area contributed by atoms with E-state index in [0.717, 1.165) is 25.9 Å². The van der Waals surface area contributed by atoms with Crippen LogP contribution in [-0.2, 0) is 5.92 Å². The summed E-state index contributed by atoms with van der Waals surface area (Å²) in [4.78, 5) is 6.03. The fourth-order valence-electron chi connectivity index (χ4n) is 2.44. The van der Waals surface area contributed by atoms with E-state index in [4.69, 9.17) is 0 Å². The summed E-state index contributed by atoms with van der Waals surface area (Å²) in [6.45, 7) is 2.06. The lowest BCUT2D eigenvalue weighted by Gasteiger charge is -2.29. The molecule has 1 aliphatic heterocycles. The van der Waals surface area contributed by atoms with Gasteiger partial charge in [-0.05, 0) is 57.5 Å². The van der Waals surface area contributed by atoms with Crippen molar-refractivity contribution in [1.82, 2.24) is 9.88 Å². The molecule has 1 fully saturated rings. The predicted octanol–water partition coefficient (Wildman–Crippen LogP) is 3.30. The van der Waals surface area contributed by atoms with E-state index in [2.05, 4.69) is 16.9 Å². The highest BCUT2D eigenvalue weighted by atomic mass is 19.3. The molecule has 0 saturated carbocycles. The highest BCUT2D eigenvalue weighted by Crippen LogP contribution is 2.34. The van der Waals surface area contributed by atoms with Gasteiger partial charge in [-0.15, -0.1) is 0 Å². The Labute approximate surface area is 107 Å². The average Bonchev–Trinajstić information content (AvgIpc) is 2.39. The van der Waals surface area contributed by atoms with Crippen LogP contribution in [0.5, 0.6) is 0 Å². The van der Waals surface area contributed by atoms with Crippen molar-refractivity contribution in [3.8, 4) is 0 Å². The molecule has 2 nitrogen and oxygen atoms in total. The lowest BCUT2D eigenvalue weighted by atomic mass is 9.90. The van der Waals surface area contributed by atoms with Crippen molar-refractivity contribution in [2.75, 3.05) is 20.1 Å². The number of hydrogen-bond donors (Lipinski definition) is 0. The first-order chi connectivity index (χ1) is 8.58. The second kappa shape index (κ2) is 5.74. The van der Waals surface area contributed by atoms with Crippen molar-refractivity contribution in [2.24, 2.45) is 5.92 Å². The molecule has 2 heterocycles. The number of hydrogen-bond acceptors (Lipinski definition) is 2. The highest BCUT2D eigenvalue weighted by molar-refractivity contribution is 5.09. The SMILES string of the molecule is CN1CCC(CCC(F)(F)c2ccccn2)CC1. The smallest absolute Gasteiger partial charge is 0.289 e. The summed E-state index contributed by atoms with van der Waals surface area (Å²) in [5.74, 6) is -2.35. The highest BCUT2D eigenvalue weighted by Gasteiger charge is 2.33. The van der Waals surface area contributed by atoms with E-state index in [1.165, 1.54) is 12.3 Å². The Hall–Kier alpha value is -1.03. The Morgan fingerprint density at radius 1 is 1.33 bits per heavy atom. The molecule has 0 unspecified atom stereocenters. The summed E-state index contributed by atoms with van der Waals surface area (Å²) < 4.78 is 27.8. The van der Waals surface area contributed by atoms with E-state index < -0.39 is 5.92 Å². The zero-order chi connectivity index (χ0) is 13.0. The summed E-state index contributed by atoms with van der Waals surface area (Å²) >= 11 is 0. The monoisotopic (exact) mass is 254 g/mol. The van der Waals surface area contributed by atoms with Crippen molar-refractivity contribution < 1.29 is 8.78 Å². The molecule has 1 aromatic heterocycles. The van der Waals surface area contributed by atoms with Crippen LogP contribution in [0.15, 0.2) is 24.4 Å². The minimum atomic E-state index is -2.79. The molecule has 0 amide bonds. The zero-order valence-electron chi connectivity index (χ0n) is 10.8. The van der Waals surface area contributed by atoms with Crippen LogP contribution in [0.2, 0.25) is 0 Å². The van der Waals surface area contributed by atoms with Gasteiger partial charge in [-0.1, -0.05) is 6.07 Å². The minimum Gasteiger partial charge on any atom is -0.306 e. The number of likely N-dealkylation sites (tertiary alicyclic amines) is 1. The van der Waals surface area contributed by atoms with Gasteiger partial charge in [0.25, 0.3) is 5.92 Å². The third kappa shape index (κ3) is 3.48. The van der Waals surface area contributed by atoms with Gasteiger partial charge in [0.2, 0.25) is 0 Å². The molecule has 0 bridgehead atoms. The molecule has 18 heavy (non-hydrogen) atoms. The number of rotatable bonds is 4. The average molecular weight is 254 g/mol. The number of halogens is 2. The maximum absolute atomic E-state index is 13.9. The number of alkyl halides is 2. The molecule has 0 spiro atoms. The Balaban J connectivity index is 1.86. The molecule has 2 rings (SSSR count). The van der Waals surface area contributed by atoms with Gasteiger partial charge < -0.3 is 4.90 Å². The summed E-state index contributed by atoms with van der Waals surface area (Å²) in [6.07, 6.45) is 4.01. The minimum absolute atomic E-state index is 0.0849. The van der Waals surface area contributed by atoms with Crippen LogP contribution in [-0.4, -0.2) is 30.0 Å². The van der Waals surface area contributed by atoms with E-state index in [1.807, 2.05) is 0 Å². The van der Waals surface area contributed by atoms with Crippen molar-refractivity contribution in [1.29, 1.82) is 0 Å². The number of aromatic nitrogens is 1. The first-order valence-electron chi connectivity index (χ1n) is 6.56. The third-order valence-corrected chi connectivity index (χ3v) is 3.74. The van der Waals surface area contributed by atoms with Gasteiger partial charge in [0.15, 0.2) is 0 Å². The molecule has 0 N–H and O–H groups in total. The van der Waals surface area contributed by atoms with Gasteiger partial charge in [0, 0.05) is 12.6 Å². The van der Waals surface area contributed by atoms with E-state index in [1.54, 1.807) is 12.1 Å².